The highest BCUT2D eigenvalue weighted by Crippen LogP contribution is 2.40. The molecule has 0 atom stereocenters. The molecule has 0 aromatic heterocycles. The fraction of sp³-hybridized carbons (Fsp3) is 0.321. The van der Waals surface area contributed by atoms with Gasteiger partial charge in [-0.2, -0.15) is 0 Å². The van der Waals surface area contributed by atoms with Crippen LogP contribution in [0.3, 0.4) is 0 Å². The number of rotatable bonds is 6. The van der Waals surface area contributed by atoms with Crippen molar-refractivity contribution in [3.63, 3.8) is 0 Å². The molecule has 3 aromatic carbocycles. The Labute approximate surface area is 186 Å². The summed E-state index contributed by atoms with van der Waals surface area (Å²) in [4.78, 5) is 5.15. The lowest BCUT2D eigenvalue weighted by molar-refractivity contribution is 0.415. The van der Waals surface area contributed by atoms with Crippen LogP contribution in [0.4, 0.5) is 5.69 Å². The maximum atomic E-state index is 10.4. The normalized spacial score (nSPS) is 12.0. The van der Waals surface area contributed by atoms with Crippen molar-refractivity contribution < 1.29 is 9.84 Å². The second kappa shape index (κ2) is 9.38. The van der Waals surface area contributed by atoms with Crippen LogP contribution < -0.4 is 4.74 Å². The monoisotopic (exact) mass is 415 g/mol. The van der Waals surface area contributed by atoms with Gasteiger partial charge >= 0.3 is 0 Å². The summed E-state index contributed by atoms with van der Waals surface area (Å²) >= 11 is 0. The Morgan fingerprint density at radius 3 is 2.03 bits per heavy atom. The van der Waals surface area contributed by atoms with Crippen LogP contribution >= 0.6 is 0 Å². The highest BCUT2D eigenvalue weighted by atomic mass is 16.5. The van der Waals surface area contributed by atoms with Crippen LogP contribution in [0.15, 0.2) is 59.6 Å². The lowest BCUT2D eigenvalue weighted by atomic mass is 9.92. The van der Waals surface area contributed by atoms with E-state index < -0.39 is 0 Å². The number of methoxy groups -OCH3 is 1. The van der Waals surface area contributed by atoms with Gasteiger partial charge in [-0.15, -0.1) is 0 Å². The quantitative estimate of drug-likeness (QED) is 0.418. The molecule has 31 heavy (non-hydrogen) atoms. The number of aliphatic imine (C=N–C) groups is 1. The summed E-state index contributed by atoms with van der Waals surface area (Å²) in [7, 11) is 1.67. The minimum Gasteiger partial charge on any atom is -0.507 e. The Kier molecular flexibility index (Phi) is 6.84. The number of aromatic hydroxyl groups is 1. The molecule has 0 aliphatic rings. The van der Waals surface area contributed by atoms with Crippen molar-refractivity contribution in [2.45, 2.75) is 53.4 Å². The Morgan fingerprint density at radius 2 is 1.48 bits per heavy atom. The average molecular weight is 416 g/mol. The molecule has 1 N–H and O–H groups in total. The second-order valence-corrected chi connectivity index (χ2v) is 8.70. The molecule has 162 valence electrons. The minimum atomic E-state index is 0.235. The molecule has 0 saturated heterocycles. The van der Waals surface area contributed by atoms with Crippen molar-refractivity contribution in [1.82, 2.24) is 0 Å². The number of phenols is 1. The van der Waals surface area contributed by atoms with Crippen LogP contribution in [0.1, 0.15) is 68.7 Å². The van der Waals surface area contributed by atoms with Crippen molar-refractivity contribution in [2.24, 2.45) is 4.99 Å². The lowest BCUT2D eigenvalue weighted by Crippen LogP contribution is -2.03. The maximum Gasteiger partial charge on any atom is 0.135 e. The van der Waals surface area contributed by atoms with Crippen LogP contribution in [0, 0.1) is 6.92 Å². The van der Waals surface area contributed by atoms with Crippen LogP contribution in [0.25, 0.3) is 11.1 Å². The largest absolute Gasteiger partial charge is 0.507 e. The van der Waals surface area contributed by atoms with E-state index in [1.807, 2.05) is 31.2 Å². The van der Waals surface area contributed by atoms with Gasteiger partial charge in [0.2, 0.25) is 0 Å². The minimum absolute atomic E-state index is 0.235. The summed E-state index contributed by atoms with van der Waals surface area (Å²) < 4.78 is 5.86. The molecular formula is C28H33NO2. The number of hydrogen-bond donors (Lipinski definition) is 1. The van der Waals surface area contributed by atoms with Gasteiger partial charge in [0.05, 0.1) is 12.8 Å². The molecule has 0 heterocycles. The van der Waals surface area contributed by atoms with Gasteiger partial charge in [0.1, 0.15) is 11.5 Å². The first-order valence-corrected chi connectivity index (χ1v) is 10.9. The van der Waals surface area contributed by atoms with Crippen LogP contribution in [0.2, 0.25) is 0 Å². The van der Waals surface area contributed by atoms with Gasteiger partial charge in [0.15, 0.2) is 0 Å². The fourth-order valence-electron chi connectivity index (χ4n) is 4.03. The van der Waals surface area contributed by atoms with E-state index in [-0.39, 0.29) is 5.75 Å². The van der Waals surface area contributed by atoms with Gasteiger partial charge < -0.3 is 9.84 Å². The molecule has 0 fully saturated rings. The molecule has 0 bridgehead atoms. The Bertz CT molecular complexity index is 1080. The smallest absolute Gasteiger partial charge is 0.135 e. The number of phenolic OH excluding ortho intramolecular Hbond substituents is 1. The molecule has 3 heteroatoms. The first kappa shape index (κ1) is 22.6. The van der Waals surface area contributed by atoms with Gasteiger partial charge in [-0.05, 0) is 60.6 Å². The maximum absolute atomic E-state index is 10.4. The summed E-state index contributed by atoms with van der Waals surface area (Å²) in [6.45, 7) is 12.9. The molecule has 3 nitrogen and oxygen atoms in total. The summed E-state index contributed by atoms with van der Waals surface area (Å²) in [5.74, 6) is 1.71. The van der Waals surface area contributed by atoms with Gasteiger partial charge in [0.25, 0.3) is 0 Å². The molecule has 0 saturated carbocycles. The third-order valence-corrected chi connectivity index (χ3v) is 5.64. The van der Waals surface area contributed by atoms with E-state index in [0.29, 0.717) is 11.8 Å². The van der Waals surface area contributed by atoms with Crippen molar-refractivity contribution in [3.8, 4) is 22.6 Å². The van der Waals surface area contributed by atoms with Crippen LogP contribution in [-0.2, 0) is 0 Å². The SMILES string of the molecule is COc1c(C(C)=Nc2c(C(C)C)cccc2C(C)C)cc(C)cc1-c1ccccc1O. The molecule has 0 aliphatic heterocycles. The van der Waals surface area contributed by atoms with E-state index in [1.165, 1.54) is 11.1 Å². The van der Waals surface area contributed by atoms with E-state index in [0.717, 1.165) is 39.4 Å². The predicted molar refractivity (Wildman–Crippen MR) is 131 cm³/mol. The van der Waals surface area contributed by atoms with Crippen LogP contribution in [-0.4, -0.2) is 17.9 Å². The lowest BCUT2D eigenvalue weighted by Gasteiger charge is -2.19. The topological polar surface area (TPSA) is 41.8 Å². The van der Waals surface area contributed by atoms with Gasteiger partial charge in [-0.3, -0.25) is 4.99 Å². The standard InChI is InChI=1S/C28H33NO2/c1-17(2)21-12-10-13-22(18(3)4)27(21)29-20(6)24-15-19(5)16-25(28(24)31-7)23-11-8-9-14-26(23)30/h8-18,30H,1-7H3. The highest BCUT2D eigenvalue weighted by Gasteiger charge is 2.18. The highest BCUT2D eigenvalue weighted by molar-refractivity contribution is 6.05. The number of para-hydroxylation sites is 2. The van der Waals surface area contributed by atoms with Crippen molar-refractivity contribution >= 4 is 11.4 Å². The zero-order valence-corrected chi connectivity index (χ0v) is 19.7. The number of ether oxygens (including phenoxy) is 1. The van der Waals surface area contributed by atoms with Crippen molar-refractivity contribution in [2.75, 3.05) is 7.11 Å². The zero-order chi connectivity index (χ0) is 22.7. The fourth-order valence-corrected chi connectivity index (χ4v) is 4.03. The summed E-state index contributed by atoms with van der Waals surface area (Å²) in [6, 6.07) is 18.0. The molecule has 0 unspecified atom stereocenters. The Balaban J connectivity index is 2.26. The first-order chi connectivity index (χ1) is 14.7. The molecule has 0 amide bonds. The van der Waals surface area contributed by atoms with E-state index in [4.69, 9.17) is 9.73 Å². The number of aryl methyl sites for hydroxylation is 1. The van der Waals surface area contributed by atoms with E-state index in [1.54, 1.807) is 13.2 Å². The van der Waals surface area contributed by atoms with E-state index >= 15 is 0 Å². The number of nitrogens with zero attached hydrogens (tertiary/aromatic N) is 1. The van der Waals surface area contributed by atoms with E-state index in [2.05, 4.69) is 58.9 Å². The Hall–Kier alpha value is -3.07. The van der Waals surface area contributed by atoms with Gasteiger partial charge in [0, 0.05) is 22.4 Å². The molecule has 0 aliphatic carbocycles. The van der Waals surface area contributed by atoms with Crippen molar-refractivity contribution in [1.29, 1.82) is 0 Å². The summed E-state index contributed by atoms with van der Waals surface area (Å²) in [5, 5.41) is 10.4. The third kappa shape index (κ3) is 4.66. The first-order valence-electron chi connectivity index (χ1n) is 10.9. The molecule has 3 rings (SSSR count). The molecule has 3 aromatic rings. The van der Waals surface area contributed by atoms with Crippen LogP contribution in [0.5, 0.6) is 11.5 Å². The van der Waals surface area contributed by atoms with Gasteiger partial charge in [-0.25, -0.2) is 0 Å². The average Bonchev–Trinajstić information content (AvgIpc) is 2.73. The van der Waals surface area contributed by atoms with E-state index in [9.17, 15) is 5.11 Å². The summed E-state index contributed by atoms with van der Waals surface area (Å²) in [6.07, 6.45) is 0. The predicted octanol–water partition coefficient (Wildman–Crippen LogP) is 7.76. The summed E-state index contributed by atoms with van der Waals surface area (Å²) in [5.41, 5.74) is 8.09. The number of benzene rings is 3. The molecule has 0 spiro atoms. The third-order valence-electron chi connectivity index (χ3n) is 5.64. The zero-order valence-electron chi connectivity index (χ0n) is 19.7. The van der Waals surface area contributed by atoms with Gasteiger partial charge in [-0.1, -0.05) is 64.1 Å². The van der Waals surface area contributed by atoms with Crippen molar-refractivity contribution in [3.05, 3.63) is 76.9 Å². The number of hydrogen-bond acceptors (Lipinski definition) is 3. The second-order valence-electron chi connectivity index (χ2n) is 8.70. The Morgan fingerprint density at radius 1 is 0.871 bits per heavy atom. The molecule has 0 radical (unpaired) electrons. The molecular weight excluding hydrogens is 382 g/mol.